The molecule has 7 nitrogen and oxygen atoms in total. The number of carbonyl (C=O) groups excluding carboxylic acids is 2. The fraction of sp³-hybridized carbons (Fsp3) is 0.526. The molecule has 2 aromatic rings. The first-order valence-electron chi connectivity index (χ1n) is 9.42. The monoisotopic (exact) mass is 355 g/mol. The van der Waals surface area contributed by atoms with E-state index in [9.17, 15) is 9.59 Å². The summed E-state index contributed by atoms with van der Waals surface area (Å²) in [6, 6.07) is 3.95. The van der Waals surface area contributed by atoms with E-state index >= 15 is 0 Å². The molecule has 0 saturated carbocycles. The number of hydrogen-bond acceptors (Lipinski definition) is 4. The molecule has 3 N–H and O–H groups in total. The number of benzene rings is 1. The predicted octanol–water partition coefficient (Wildman–Crippen LogP) is 1.42. The van der Waals surface area contributed by atoms with Crippen molar-refractivity contribution in [2.75, 3.05) is 26.2 Å². The lowest BCUT2D eigenvalue weighted by Gasteiger charge is -2.29. The van der Waals surface area contributed by atoms with Gasteiger partial charge in [0.2, 0.25) is 5.91 Å². The van der Waals surface area contributed by atoms with Crippen LogP contribution in [0.5, 0.6) is 0 Å². The molecule has 3 heterocycles. The second-order valence-electron chi connectivity index (χ2n) is 7.28. The number of rotatable bonds is 4. The molecule has 26 heavy (non-hydrogen) atoms. The van der Waals surface area contributed by atoms with Crippen LogP contribution >= 0.6 is 0 Å². The van der Waals surface area contributed by atoms with Gasteiger partial charge in [-0.25, -0.2) is 0 Å². The number of aryl methyl sites for hydroxylation is 1. The van der Waals surface area contributed by atoms with Gasteiger partial charge in [-0.3, -0.25) is 14.7 Å². The van der Waals surface area contributed by atoms with Gasteiger partial charge in [-0.1, -0.05) is 12.5 Å². The summed E-state index contributed by atoms with van der Waals surface area (Å²) in [5.74, 6) is -0.365. The molecule has 0 unspecified atom stereocenters. The van der Waals surface area contributed by atoms with Crippen molar-refractivity contribution >= 4 is 22.7 Å². The summed E-state index contributed by atoms with van der Waals surface area (Å²) in [4.78, 5) is 28.8. The zero-order valence-corrected chi connectivity index (χ0v) is 15.0. The summed E-state index contributed by atoms with van der Waals surface area (Å²) < 4.78 is 0. The number of primary amides is 1. The van der Waals surface area contributed by atoms with Crippen molar-refractivity contribution in [3.8, 4) is 0 Å². The van der Waals surface area contributed by atoms with Crippen LogP contribution in [0.4, 0.5) is 0 Å². The number of aromatic amines is 1. The minimum Gasteiger partial charge on any atom is -0.364 e. The molecule has 0 radical (unpaired) electrons. The van der Waals surface area contributed by atoms with Crippen LogP contribution in [-0.4, -0.2) is 58.0 Å². The zero-order chi connectivity index (χ0) is 18.1. The minimum atomic E-state index is -0.542. The van der Waals surface area contributed by atoms with Crippen molar-refractivity contribution in [2.45, 2.75) is 38.6 Å². The van der Waals surface area contributed by atoms with Gasteiger partial charge in [0.25, 0.3) is 5.91 Å². The Bertz CT molecular complexity index is 838. The summed E-state index contributed by atoms with van der Waals surface area (Å²) in [6.07, 6.45) is 4.99. The first-order valence-corrected chi connectivity index (χ1v) is 9.42. The molecular weight excluding hydrogens is 330 g/mol. The van der Waals surface area contributed by atoms with Gasteiger partial charge in [-0.15, -0.1) is 0 Å². The average molecular weight is 355 g/mol. The highest BCUT2D eigenvalue weighted by atomic mass is 16.2. The second-order valence-corrected chi connectivity index (χ2v) is 7.28. The summed E-state index contributed by atoms with van der Waals surface area (Å²) in [6.45, 7) is 4.38. The summed E-state index contributed by atoms with van der Waals surface area (Å²) in [5.41, 5.74) is 8.68. The molecule has 0 bridgehead atoms. The number of hydrogen-bond donors (Lipinski definition) is 2. The summed E-state index contributed by atoms with van der Waals surface area (Å²) in [7, 11) is 0. The lowest BCUT2D eigenvalue weighted by molar-refractivity contribution is -0.131. The molecular formula is C19H25N5O2. The van der Waals surface area contributed by atoms with E-state index in [1.54, 1.807) is 0 Å². The maximum Gasteiger partial charge on any atom is 0.269 e. The van der Waals surface area contributed by atoms with Gasteiger partial charge in [-0.05, 0) is 49.5 Å². The summed E-state index contributed by atoms with van der Waals surface area (Å²) in [5, 5.41) is 7.74. The Morgan fingerprint density at radius 2 is 1.96 bits per heavy atom. The number of H-pyrrole nitrogens is 1. The molecule has 138 valence electrons. The molecule has 0 aliphatic carbocycles. The Kier molecular flexibility index (Phi) is 4.63. The van der Waals surface area contributed by atoms with E-state index < -0.39 is 5.91 Å². The first-order chi connectivity index (χ1) is 12.6. The highest BCUT2D eigenvalue weighted by Gasteiger charge is 2.25. The number of aromatic nitrogens is 2. The molecule has 1 aromatic carbocycles. The molecule has 1 aromatic heterocycles. The average Bonchev–Trinajstić information content (AvgIpc) is 3.02. The van der Waals surface area contributed by atoms with Crippen LogP contribution in [0.25, 0.3) is 10.9 Å². The number of carbonyl (C=O) groups is 2. The minimum absolute atomic E-state index is 0.176. The molecule has 0 atom stereocenters. The van der Waals surface area contributed by atoms with Crippen molar-refractivity contribution < 1.29 is 9.59 Å². The summed E-state index contributed by atoms with van der Waals surface area (Å²) >= 11 is 0. The highest BCUT2D eigenvalue weighted by molar-refractivity contribution is 6.05. The van der Waals surface area contributed by atoms with Crippen LogP contribution < -0.4 is 5.73 Å². The maximum atomic E-state index is 12.6. The highest BCUT2D eigenvalue weighted by Crippen LogP contribution is 2.29. The molecule has 4 rings (SSSR count). The van der Waals surface area contributed by atoms with Gasteiger partial charge in [0, 0.05) is 31.4 Å². The smallest absolute Gasteiger partial charge is 0.269 e. The van der Waals surface area contributed by atoms with E-state index in [0.717, 1.165) is 48.2 Å². The van der Waals surface area contributed by atoms with Gasteiger partial charge < -0.3 is 15.5 Å². The number of nitrogens with two attached hydrogens (primary N) is 1. The number of nitrogens with zero attached hydrogens (tertiary/aromatic N) is 3. The number of piperidine rings is 1. The standard InChI is InChI=1S/C19H25N5O2/c20-19(26)18-17-14-12-24(11-10-23-8-2-1-3-9-23)16(25)7-5-13(14)4-6-15(17)21-22-18/h4,6H,1-3,5,7-12H2,(H2,20,26)(H,21,22). The molecule has 7 heteroatoms. The van der Waals surface area contributed by atoms with Crippen molar-refractivity contribution in [1.82, 2.24) is 20.0 Å². The SMILES string of the molecule is NC(=O)c1n[nH]c2ccc3c(c12)CN(CCN1CCCCC1)C(=O)CC3. The van der Waals surface area contributed by atoms with E-state index in [1.165, 1.54) is 19.3 Å². The number of amides is 2. The van der Waals surface area contributed by atoms with Crippen molar-refractivity contribution in [2.24, 2.45) is 5.73 Å². The van der Waals surface area contributed by atoms with E-state index in [-0.39, 0.29) is 11.6 Å². The molecule has 2 aliphatic rings. The van der Waals surface area contributed by atoms with Crippen LogP contribution in [0.15, 0.2) is 12.1 Å². The van der Waals surface area contributed by atoms with E-state index in [4.69, 9.17) is 5.73 Å². The fourth-order valence-electron chi connectivity index (χ4n) is 4.15. The van der Waals surface area contributed by atoms with Crippen LogP contribution in [0.1, 0.15) is 47.3 Å². The number of fused-ring (bicyclic) bond motifs is 3. The van der Waals surface area contributed by atoms with Gasteiger partial charge in [0.05, 0.1) is 5.52 Å². The fourth-order valence-corrected chi connectivity index (χ4v) is 4.15. The number of likely N-dealkylation sites (tertiary alicyclic amines) is 1. The van der Waals surface area contributed by atoms with Crippen molar-refractivity contribution in [3.05, 3.63) is 29.0 Å². The molecule has 0 spiro atoms. The Morgan fingerprint density at radius 1 is 1.15 bits per heavy atom. The maximum absolute atomic E-state index is 12.6. The van der Waals surface area contributed by atoms with E-state index in [2.05, 4.69) is 15.1 Å². The third kappa shape index (κ3) is 3.19. The lowest BCUT2D eigenvalue weighted by atomic mass is 9.98. The Morgan fingerprint density at radius 3 is 2.73 bits per heavy atom. The van der Waals surface area contributed by atoms with Crippen LogP contribution in [0.2, 0.25) is 0 Å². The third-order valence-corrected chi connectivity index (χ3v) is 5.61. The first kappa shape index (κ1) is 17.0. The Hall–Kier alpha value is -2.41. The van der Waals surface area contributed by atoms with Crippen LogP contribution in [0, 0.1) is 0 Å². The lowest BCUT2D eigenvalue weighted by Crippen LogP contribution is -2.39. The quantitative estimate of drug-likeness (QED) is 0.867. The van der Waals surface area contributed by atoms with E-state index in [0.29, 0.717) is 19.4 Å². The topological polar surface area (TPSA) is 95.3 Å². The Labute approximate surface area is 152 Å². The normalized spacial score (nSPS) is 18.8. The van der Waals surface area contributed by atoms with Crippen molar-refractivity contribution in [3.63, 3.8) is 0 Å². The molecule has 2 aliphatic heterocycles. The third-order valence-electron chi connectivity index (χ3n) is 5.61. The van der Waals surface area contributed by atoms with Crippen LogP contribution in [0.3, 0.4) is 0 Å². The predicted molar refractivity (Wildman–Crippen MR) is 98.6 cm³/mol. The van der Waals surface area contributed by atoms with Crippen LogP contribution in [-0.2, 0) is 17.8 Å². The van der Waals surface area contributed by atoms with Gasteiger partial charge in [-0.2, -0.15) is 5.10 Å². The molecule has 2 amide bonds. The largest absolute Gasteiger partial charge is 0.364 e. The second kappa shape index (κ2) is 7.07. The Balaban J connectivity index is 1.62. The molecule has 1 saturated heterocycles. The van der Waals surface area contributed by atoms with Crippen molar-refractivity contribution in [1.29, 1.82) is 0 Å². The number of nitrogens with one attached hydrogen (secondary N) is 1. The zero-order valence-electron chi connectivity index (χ0n) is 15.0. The van der Waals surface area contributed by atoms with Gasteiger partial charge in [0.15, 0.2) is 5.69 Å². The van der Waals surface area contributed by atoms with Gasteiger partial charge in [0.1, 0.15) is 0 Å². The molecule has 1 fully saturated rings. The van der Waals surface area contributed by atoms with E-state index in [1.807, 2.05) is 17.0 Å². The van der Waals surface area contributed by atoms with Gasteiger partial charge >= 0.3 is 0 Å².